The lowest BCUT2D eigenvalue weighted by Gasteiger charge is -2.17. The Labute approximate surface area is 132 Å². The van der Waals surface area contributed by atoms with Crippen molar-refractivity contribution < 1.29 is 9.59 Å². The summed E-state index contributed by atoms with van der Waals surface area (Å²) < 4.78 is 0. The number of amides is 2. The Bertz CT molecular complexity index is 503. The Morgan fingerprint density at radius 2 is 0.955 bits per heavy atom. The summed E-state index contributed by atoms with van der Waals surface area (Å²) >= 11 is 0. The minimum Gasteiger partial charge on any atom is -0.366 e. The van der Waals surface area contributed by atoms with Crippen LogP contribution >= 0.6 is 0 Å². The highest BCUT2D eigenvalue weighted by Crippen LogP contribution is 2.25. The van der Waals surface area contributed by atoms with Gasteiger partial charge in [-0.1, -0.05) is 38.5 Å². The zero-order valence-electron chi connectivity index (χ0n) is 13.2. The average molecular weight is 302 g/mol. The van der Waals surface area contributed by atoms with Gasteiger partial charge in [-0.3, -0.25) is 9.59 Å². The van der Waals surface area contributed by atoms with Gasteiger partial charge in [0.2, 0.25) is 11.8 Å². The van der Waals surface area contributed by atoms with Gasteiger partial charge in [-0.25, -0.2) is 0 Å². The average Bonchev–Trinajstić information content (AvgIpc) is 2.46. The third-order valence-corrected chi connectivity index (χ3v) is 4.57. The number of primary amides is 2. The van der Waals surface area contributed by atoms with Crippen LogP contribution in [0.1, 0.15) is 83.2 Å². The van der Waals surface area contributed by atoms with Gasteiger partial charge in [-0.05, 0) is 48.9 Å². The summed E-state index contributed by atoms with van der Waals surface area (Å²) in [6.45, 7) is 0. The van der Waals surface area contributed by atoms with E-state index in [9.17, 15) is 9.59 Å². The molecule has 1 aromatic carbocycles. The summed E-state index contributed by atoms with van der Waals surface area (Å²) in [5.74, 6) is -0.835. The van der Waals surface area contributed by atoms with Crippen LogP contribution in [0.25, 0.3) is 0 Å². The largest absolute Gasteiger partial charge is 0.366 e. The Kier molecular flexibility index (Phi) is 5.99. The van der Waals surface area contributed by atoms with Gasteiger partial charge in [0, 0.05) is 11.1 Å². The molecular weight excluding hydrogens is 276 g/mol. The van der Waals surface area contributed by atoms with Gasteiger partial charge in [0.05, 0.1) is 0 Å². The van der Waals surface area contributed by atoms with Gasteiger partial charge in [-0.2, -0.15) is 0 Å². The predicted molar refractivity (Wildman–Crippen MR) is 87.8 cm³/mol. The third-order valence-electron chi connectivity index (χ3n) is 4.57. The molecule has 4 heteroatoms. The molecule has 0 atom stereocenters. The van der Waals surface area contributed by atoms with Gasteiger partial charge in [-0.15, -0.1) is 0 Å². The molecule has 4 N–H and O–H groups in total. The van der Waals surface area contributed by atoms with Crippen molar-refractivity contribution in [1.29, 1.82) is 0 Å². The molecule has 0 bridgehead atoms. The Morgan fingerprint density at radius 3 is 1.27 bits per heavy atom. The summed E-state index contributed by atoms with van der Waals surface area (Å²) in [5.41, 5.74) is 14.1. The Morgan fingerprint density at radius 1 is 0.636 bits per heavy atom. The lowest BCUT2D eigenvalue weighted by Crippen LogP contribution is -2.20. The number of carbonyl (C=O) groups is 2. The molecule has 0 saturated carbocycles. The molecule has 1 aromatic rings. The molecule has 1 aliphatic rings. The van der Waals surface area contributed by atoms with E-state index in [0.717, 1.165) is 49.7 Å². The molecule has 0 radical (unpaired) electrons. The number of hydrogen-bond donors (Lipinski definition) is 2. The van der Waals surface area contributed by atoms with Crippen LogP contribution in [-0.4, -0.2) is 11.8 Å². The molecule has 1 aliphatic carbocycles. The number of nitrogens with two attached hydrogens (primary N) is 2. The number of fused-ring (bicyclic) bond motifs is 1. The molecule has 4 nitrogen and oxygen atoms in total. The van der Waals surface area contributed by atoms with E-state index in [4.69, 9.17) is 11.5 Å². The van der Waals surface area contributed by atoms with Gasteiger partial charge in [0.1, 0.15) is 0 Å². The molecular formula is C18H26N2O2. The van der Waals surface area contributed by atoms with E-state index < -0.39 is 11.8 Å². The second-order valence-corrected chi connectivity index (χ2v) is 6.17. The van der Waals surface area contributed by atoms with Crippen molar-refractivity contribution in [3.05, 3.63) is 34.4 Å². The minimum atomic E-state index is -0.417. The van der Waals surface area contributed by atoms with Crippen LogP contribution < -0.4 is 11.5 Å². The molecule has 22 heavy (non-hydrogen) atoms. The highest BCUT2D eigenvalue weighted by atomic mass is 16.1. The Hall–Kier alpha value is -1.84. The van der Waals surface area contributed by atoms with Crippen LogP contribution in [0.5, 0.6) is 0 Å². The van der Waals surface area contributed by atoms with E-state index >= 15 is 0 Å². The summed E-state index contributed by atoms with van der Waals surface area (Å²) in [4.78, 5) is 23.5. The molecule has 0 saturated heterocycles. The monoisotopic (exact) mass is 302 g/mol. The second-order valence-electron chi connectivity index (χ2n) is 6.17. The number of hydrogen-bond acceptors (Lipinski definition) is 2. The molecule has 0 unspecified atom stereocenters. The van der Waals surface area contributed by atoms with E-state index in [0.29, 0.717) is 11.1 Å². The predicted octanol–water partition coefficient (Wildman–Crippen LogP) is 3.10. The Balaban J connectivity index is 2.41. The summed E-state index contributed by atoms with van der Waals surface area (Å²) in [5, 5.41) is 0. The zero-order chi connectivity index (χ0) is 15.9. The lowest BCUT2D eigenvalue weighted by atomic mass is 9.87. The maximum absolute atomic E-state index is 11.7. The summed E-state index contributed by atoms with van der Waals surface area (Å²) in [6, 6.07) is 3.32. The van der Waals surface area contributed by atoms with E-state index in [-0.39, 0.29) is 0 Å². The first-order valence-electron chi connectivity index (χ1n) is 8.35. The van der Waals surface area contributed by atoms with Gasteiger partial charge in [0.25, 0.3) is 0 Å². The second kappa shape index (κ2) is 7.97. The van der Waals surface area contributed by atoms with Crippen molar-refractivity contribution in [2.24, 2.45) is 11.5 Å². The highest BCUT2D eigenvalue weighted by Gasteiger charge is 2.18. The van der Waals surface area contributed by atoms with E-state index in [2.05, 4.69) is 0 Å². The van der Waals surface area contributed by atoms with Gasteiger partial charge < -0.3 is 11.5 Å². The van der Waals surface area contributed by atoms with Crippen molar-refractivity contribution in [2.75, 3.05) is 0 Å². The standard InChI is InChI=1S/C18H26N2O2/c19-17(21)15-11-12-16(18(20)22)14-10-8-6-4-2-1-3-5-7-9-13(14)15/h11-12H,1-10H2,(H2,19,21)(H2,20,22). The van der Waals surface area contributed by atoms with Crippen LogP contribution in [0.3, 0.4) is 0 Å². The minimum absolute atomic E-state index is 0.417. The number of benzene rings is 1. The first-order chi connectivity index (χ1) is 10.6. The molecule has 2 rings (SSSR count). The van der Waals surface area contributed by atoms with Crippen LogP contribution in [-0.2, 0) is 12.8 Å². The van der Waals surface area contributed by atoms with Crippen molar-refractivity contribution >= 4 is 11.8 Å². The fraction of sp³-hybridized carbons (Fsp3) is 0.556. The van der Waals surface area contributed by atoms with Crippen LogP contribution in [0, 0.1) is 0 Å². The fourth-order valence-electron chi connectivity index (χ4n) is 3.39. The summed E-state index contributed by atoms with van der Waals surface area (Å²) in [6.07, 6.45) is 11.0. The normalized spacial score (nSPS) is 16.9. The fourth-order valence-corrected chi connectivity index (χ4v) is 3.39. The van der Waals surface area contributed by atoms with Crippen LogP contribution in [0.4, 0.5) is 0 Å². The van der Waals surface area contributed by atoms with E-state index in [1.54, 1.807) is 12.1 Å². The molecule has 0 aliphatic heterocycles. The quantitative estimate of drug-likeness (QED) is 0.879. The molecule has 120 valence electrons. The van der Waals surface area contributed by atoms with Crippen LogP contribution in [0.2, 0.25) is 0 Å². The topological polar surface area (TPSA) is 86.2 Å². The SMILES string of the molecule is NC(=O)c1ccc(C(N)=O)c2c1CCCCCCCCCC2. The summed E-state index contributed by atoms with van der Waals surface area (Å²) in [7, 11) is 0. The molecule has 0 heterocycles. The molecule has 0 spiro atoms. The van der Waals surface area contributed by atoms with Crippen LogP contribution in [0.15, 0.2) is 12.1 Å². The first-order valence-corrected chi connectivity index (χ1v) is 8.35. The third kappa shape index (κ3) is 4.09. The lowest BCUT2D eigenvalue weighted by molar-refractivity contribution is 0.0986. The molecule has 2 amide bonds. The van der Waals surface area contributed by atoms with Crippen molar-refractivity contribution in [3.8, 4) is 0 Å². The van der Waals surface area contributed by atoms with E-state index in [1.165, 1.54) is 25.7 Å². The van der Waals surface area contributed by atoms with Crippen molar-refractivity contribution in [2.45, 2.75) is 64.2 Å². The maximum atomic E-state index is 11.7. The van der Waals surface area contributed by atoms with Gasteiger partial charge >= 0.3 is 0 Å². The van der Waals surface area contributed by atoms with E-state index in [1.807, 2.05) is 0 Å². The van der Waals surface area contributed by atoms with Crippen molar-refractivity contribution in [1.82, 2.24) is 0 Å². The molecule has 0 aromatic heterocycles. The zero-order valence-corrected chi connectivity index (χ0v) is 13.2. The maximum Gasteiger partial charge on any atom is 0.248 e. The molecule has 0 fully saturated rings. The smallest absolute Gasteiger partial charge is 0.248 e. The highest BCUT2D eigenvalue weighted by molar-refractivity contribution is 5.99. The van der Waals surface area contributed by atoms with Gasteiger partial charge in [0.15, 0.2) is 0 Å². The van der Waals surface area contributed by atoms with Crippen molar-refractivity contribution in [3.63, 3.8) is 0 Å². The number of carbonyl (C=O) groups excluding carboxylic acids is 2. The first kappa shape index (κ1) is 16.5. The number of rotatable bonds is 2.